The van der Waals surface area contributed by atoms with Gasteiger partial charge in [-0.25, -0.2) is 0 Å². The minimum Gasteiger partial charge on any atom is -0.507 e. The molecule has 0 aliphatic carbocycles. The van der Waals surface area contributed by atoms with E-state index in [1.807, 2.05) is 0 Å². The molecule has 2 aliphatic heterocycles. The summed E-state index contributed by atoms with van der Waals surface area (Å²) < 4.78 is 5.78. The lowest BCUT2D eigenvalue weighted by Crippen LogP contribution is -2.37. The SMILES string of the molecule is Cc1ccc(C2/C(=C(\O)c3ccc(Cl)cc3)C(=O)C(=O)N2CCN2CCCC2)o1. The lowest BCUT2D eigenvalue weighted by molar-refractivity contribution is -0.140. The minimum atomic E-state index is -0.748. The molecule has 3 heterocycles. The fourth-order valence-electron chi connectivity index (χ4n) is 4.03. The van der Waals surface area contributed by atoms with Crippen LogP contribution in [0.5, 0.6) is 0 Å². The molecule has 2 aliphatic rings. The Balaban J connectivity index is 1.73. The van der Waals surface area contributed by atoms with Crippen LogP contribution in [0, 0.1) is 6.92 Å². The number of hydrogen-bond donors (Lipinski definition) is 1. The van der Waals surface area contributed by atoms with Crippen LogP contribution in [0.1, 0.15) is 36.0 Å². The molecule has 2 saturated heterocycles. The maximum Gasteiger partial charge on any atom is 0.295 e. The van der Waals surface area contributed by atoms with Crippen molar-refractivity contribution in [2.24, 2.45) is 0 Å². The van der Waals surface area contributed by atoms with Crippen LogP contribution in [0.2, 0.25) is 5.02 Å². The molecule has 1 aromatic heterocycles. The highest BCUT2D eigenvalue weighted by atomic mass is 35.5. The Morgan fingerprint density at radius 1 is 1.10 bits per heavy atom. The molecule has 4 rings (SSSR count). The number of carbonyl (C=O) groups is 2. The maximum atomic E-state index is 12.9. The van der Waals surface area contributed by atoms with E-state index in [0.717, 1.165) is 25.9 Å². The first-order chi connectivity index (χ1) is 14.0. The van der Waals surface area contributed by atoms with Gasteiger partial charge in [-0.2, -0.15) is 0 Å². The first kappa shape index (κ1) is 19.7. The summed E-state index contributed by atoms with van der Waals surface area (Å²) in [4.78, 5) is 29.5. The number of amides is 1. The van der Waals surface area contributed by atoms with Crippen LogP contribution in [-0.4, -0.2) is 52.8 Å². The van der Waals surface area contributed by atoms with Gasteiger partial charge in [-0.15, -0.1) is 0 Å². The average Bonchev–Trinajstić information content (AvgIpc) is 3.42. The molecule has 1 N–H and O–H groups in total. The smallest absolute Gasteiger partial charge is 0.295 e. The van der Waals surface area contributed by atoms with Gasteiger partial charge in [0, 0.05) is 23.7 Å². The summed E-state index contributed by atoms with van der Waals surface area (Å²) >= 11 is 5.94. The van der Waals surface area contributed by atoms with Crippen molar-refractivity contribution in [2.45, 2.75) is 25.8 Å². The van der Waals surface area contributed by atoms with Gasteiger partial charge in [0.25, 0.3) is 11.7 Å². The standard InChI is InChI=1S/C22H23ClN2O4/c1-14-4-9-17(29-14)19-18(20(26)15-5-7-16(23)8-6-15)21(27)22(28)25(19)13-12-24-10-2-3-11-24/h4-9,19,26H,2-3,10-13H2,1H3/b20-18+. The fraction of sp³-hybridized carbons (Fsp3) is 0.364. The Morgan fingerprint density at radius 3 is 2.41 bits per heavy atom. The Bertz CT molecular complexity index is 957. The highest BCUT2D eigenvalue weighted by Crippen LogP contribution is 2.40. The van der Waals surface area contributed by atoms with E-state index in [1.54, 1.807) is 43.3 Å². The number of Topliss-reactive ketones (excluding diaryl/α,β-unsaturated/α-hetero) is 1. The second-order valence-electron chi connectivity index (χ2n) is 7.50. The van der Waals surface area contributed by atoms with Crippen molar-refractivity contribution in [1.29, 1.82) is 0 Å². The zero-order chi connectivity index (χ0) is 20.5. The predicted octanol–water partition coefficient (Wildman–Crippen LogP) is 3.76. The van der Waals surface area contributed by atoms with Gasteiger partial charge < -0.3 is 19.3 Å². The summed E-state index contributed by atoms with van der Waals surface area (Å²) in [6.07, 6.45) is 2.30. The summed E-state index contributed by atoms with van der Waals surface area (Å²) in [6, 6.07) is 9.31. The van der Waals surface area contributed by atoms with E-state index in [9.17, 15) is 14.7 Å². The van der Waals surface area contributed by atoms with Crippen molar-refractivity contribution in [3.8, 4) is 0 Å². The van der Waals surface area contributed by atoms with Gasteiger partial charge >= 0.3 is 0 Å². The monoisotopic (exact) mass is 414 g/mol. The summed E-state index contributed by atoms with van der Waals surface area (Å²) in [5.74, 6) is -0.380. The van der Waals surface area contributed by atoms with Gasteiger partial charge in [-0.05, 0) is 69.3 Å². The van der Waals surface area contributed by atoms with Crippen LogP contribution in [0.4, 0.5) is 0 Å². The number of nitrogens with zero attached hydrogens (tertiary/aromatic N) is 2. The van der Waals surface area contributed by atoms with E-state index < -0.39 is 17.7 Å². The average molecular weight is 415 g/mol. The lowest BCUT2D eigenvalue weighted by Gasteiger charge is -2.25. The van der Waals surface area contributed by atoms with E-state index >= 15 is 0 Å². The van der Waals surface area contributed by atoms with E-state index in [4.69, 9.17) is 16.0 Å². The molecule has 0 radical (unpaired) electrons. The molecule has 0 spiro atoms. The van der Waals surface area contributed by atoms with Crippen molar-refractivity contribution < 1.29 is 19.1 Å². The molecular formula is C22H23ClN2O4. The second-order valence-corrected chi connectivity index (χ2v) is 7.93. The quantitative estimate of drug-likeness (QED) is 0.458. The van der Waals surface area contributed by atoms with Crippen LogP contribution in [0.3, 0.4) is 0 Å². The second kappa shape index (κ2) is 8.05. The number of aliphatic hydroxyl groups excluding tert-OH is 1. The Hall–Kier alpha value is -2.57. The Kier molecular flexibility index (Phi) is 5.48. The fourth-order valence-corrected chi connectivity index (χ4v) is 4.15. The third-order valence-corrected chi connectivity index (χ3v) is 5.80. The number of ketones is 1. The number of likely N-dealkylation sites (tertiary alicyclic amines) is 2. The van der Waals surface area contributed by atoms with Gasteiger partial charge in [-0.1, -0.05) is 11.6 Å². The topological polar surface area (TPSA) is 74.0 Å². The maximum absolute atomic E-state index is 12.9. The molecule has 0 saturated carbocycles. The lowest BCUT2D eigenvalue weighted by atomic mass is 9.99. The molecule has 2 fully saturated rings. The van der Waals surface area contributed by atoms with Gasteiger partial charge in [0.1, 0.15) is 23.3 Å². The predicted molar refractivity (Wildman–Crippen MR) is 110 cm³/mol. The zero-order valence-electron chi connectivity index (χ0n) is 16.2. The number of benzene rings is 1. The molecule has 152 valence electrons. The Labute approximate surface area is 174 Å². The van der Waals surface area contributed by atoms with E-state index in [2.05, 4.69) is 4.90 Å². The molecule has 1 unspecified atom stereocenters. The van der Waals surface area contributed by atoms with Crippen molar-refractivity contribution in [2.75, 3.05) is 26.2 Å². The third-order valence-electron chi connectivity index (χ3n) is 5.54. The van der Waals surface area contributed by atoms with Crippen molar-refractivity contribution in [3.05, 3.63) is 64.1 Å². The number of aliphatic hydroxyl groups is 1. The molecule has 1 aromatic carbocycles. The highest BCUT2D eigenvalue weighted by molar-refractivity contribution is 6.46. The first-order valence-electron chi connectivity index (χ1n) is 9.79. The van der Waals surface area contributed by atoms with Gasteiger partial charge in [0.15, 0.2) is 0 Å². The number of carbonyl (C=O) groups excluding carboxylic acids is 2. The van der Waals surface area contributed by atoms with Gasteiger partial charge in [0.2, 0.25) is 0 Å². The molecule has 7 heteroatoms. The molecule has 1 amide bonds. The summed E-state index contributed by atoms with van der Waals surface area (Å²) in [7, 11) is 0. The number of hydrogen-bond acceptors (Lipinski definition) is 5. The first-order valence-corrected chi connectivity index (χ1v) is 10.2. The van der Waals surface area contributed by atoms with E-state index in [-0.39, 0.29) is 11.3 Å². The Morgan fingerprint density at radius 2 is 1.79 bits per heavy atom. The van der Waals surface area contributed by atoms with Crippen molar-refractivity contribution in [1.82, 2.24) is 9.80 Å². The van der Waals surface area contributed by atoms with Crippen LogP contribution in [0.15, 0.2) is 46.4 Å². The van der Waals surface area contributed by atoms with Crippen LogP contribution in [-0.2, 0) is 9.59 Å². The number of halogens is 1. The van der Waals surface area contributed by atoms with Gasteiger partial charge in [-0.3, -0.25) is 9.59 Å². The molecule has 6 nitrogen and oxygen atoms in total. The molecule has 0 bridgehead atoms. The van der Waals surface area contributed by atoms with Crippen molar-refractivity contribution >= 4 is 29.1 Å². The van der Waals surface area contributed by atoms with Crippen LogP contribution in [0.25, 0.3) is 5.76 Å². The zero-order valence-corrected chi connectivity index (χ0v) is 17.0. The largest absolute Gasteiger partial charge is 0.507 e. The minimum absolute atomic E-state index is 0.0492. The van der Waals surface area contributed by atoms with E-state index in [0.29, 0.717) is 35.2 Å². The highest BCUT2D eigenvalue weighted by Gasteiger charge is 2.47. The number of rotatable bonds is 5. The summed E-state index contributed by atoms with van der Waals surface area (Å²) in [5.41, 5.74) is 0.480. The molecule has 2 aromatic rings. The molecule has 1 atom stereocenters. The van der Waals surface area contributed by atoms with Gasteiger partial charge in [0.05, 0.1) is 5.57 Å². The normalized spacial score (nSPS) is 22.0. The molecule has 29 heavy (non-hydrogen) atoms. The number of furan rings is 1. The summed E-state index contributed by atoms with van der Waals surface area (Å²) in [6.45, 7) is 4.88. The molecular weight excluding hydrogens is 392 g/mol. The van der Waals surface area contributed by atoms with E-state index in [1.165, 1.54) is 4.90 Å². The van der Waals surface area contributed by atoms with Crippen LogP contribution < -0.4 is 0 Å². The number of aryl methyl sites for hydroxylation is 1. The van der Waals surface area contributed by atoms with Crippen LogP contribution >= 0.6 is 11.6 Å². The summed E-state index contributed by atoms with van der Waals surface area (Å²) in [5, 5.41) is 11.4. The third kappa shape index (κ3) is 3.82. The van der Waals surface area contributed by atoms with Crippen molar-refractivity contribution in [3.63, 3.8) is 0 Å².